The van der Waals surface area contributed by atoms with Crippen LogP contribution in [0.25, 0.3) is 0 Å². The number of pyridine rings is 1. The second kappa shape index (κ2) is 5.96. The van der Waals surface area contributed by atoms with E-state index in [0.717, 1.165) is 37.9 Å². The van der Waals surface area contributed by atoms with E-state index in [1.54, 1.807) is 17.3 Å². The quantitative estimate of drug-likeness (QED) is 0.886. The van der Waals surface area contributed by atoms with Gasteiger partial charge in [-0.2, -0.15) is 0 Å². The monoisotopic (exact) mass is 247 g/mol. The first-order valence-electron chi connectivity index (χ1n) is 6.60. The van der Waals surface area contributed by atoms with E-state index in [9.17, 15) is 4.79 Å². The van der Waals surface area contributed by atoms with E-state index < -0.39 is 0 Å². The van der Waals surface area contributed by atoms with Gasteiger partial charge >= 0.3 is 0 Å². The number of hydrogen-bond acceptors (Lipinski definition) is 3. The van der Waals surface area contributed by atoms with E-state index >= 15 is 0 Å². The lowest BCUT2D eigenvalue weighted by Crippen LogP contribution is -2.35. The molecule has 2 N–H and O–H groups in total. The summed E-state index contributed by atoms with van der Waals surface area (Å²) in [6.45, 7) is 0.749. The molecular weight excluding hydrogens is 226 g/mol. The first kappa shape index (κ1) is 13.0. The summed E-state index contributed by atoms with van der Waals surface area (Å²) < 4.78 is 0. The molecule has 1 fully saturated rings. The smallest absolute Gasteiger partial charge is 0.229 e. The van der Waals surface area contributed by atoms with Crippen molar-refractivity contribution in [3.8, 4) is 0 Å². The second-order valence-corrected chi connectivity index (χ2v) is 5.06. The lowest BCUT2D eigenvalue weighted by molar-refractivity contribution is -0.123. The van der Waals surface area contributed by atoms with Crippen LogP contribution in [-0.2, 0) is 4.79 Å². The molecule has 98 valence electrons. The standard InChI is InChI=1S/C14H21N3O/c1-17(13-3-2-8-16-10-13)14(18)12-6-4-11(9-15)5-7-12/h2-3,8,10-12H,4-7,9,15H2,1H3. The molecular formula is C14H21N3O. The van der Waals surface area contributed by atoms with Gasteiger partial charge in [0.2, 0.25) is 5.91 Å². The van der Waals surface area contributed by atoms with Gasteiger partial charge in [-0.3, -0.25) is 9.78 Å². The second-order valence-electron chi connectivity index (χ2n) is 5.06. The van der Waals surface area contributed by atoms with Crippen molar-refractivity contribution in [2.45, 2.75) is 25.7 Å². The molecule has 0 aromatic carbocycles. The largest absolute Gasteiger partial charge is 0.330 e. The van der Waals surface area contributed by atoms with Crippen LogP contribution in [0, 0.1) is 11.8 Å². The van der Waals surface area contributed by atoms with Crippen molar-refractivity contribution in [2.24, 2.45) is 17.6 Å². The zero-order valence-electron chi connectivity index (χ0n) is 10.9. The fourth-order valence-electron chi connectivity index (χ4n) is 2.60. The molecule has 1 heterocycles. The third kappa shape index (κ3) is 2.88. The molecule has 18 heavy (non-hydrogen) atoms. The minimum Gasteiger partial charge on any atom is -0.330 e. The maximum Gasteiger partial charge on any atom is 0.229 e. The molecule has 0 radical (unpaired) electrons. The van der Waals surface area contributed by atoms with Crippen LogP contribution in [0.15, 0.2) is 24.5 Å². The molecule has 1 saturated carbocycles. The van der Waals surface area contributed by atoms with Gasteiger partial charge in [0.05, 0.1) is 11.9 Å². The highest BCUT2D eigenvalue weighted by atomic mass is 16.2. The van der Waals surface area contributed by atoms with Crippen LogP contribution in [0.5, 0.6) is 0 Å². The summed E-state index contributed by atoms with van der Waals surface area (Å²) in [6, 6.07) is 3.76. The summed E-state index contributed by atoms with van der Waals surface area (Å²) in [5.41, 5.74) is 6.54. The summed E-state index contributed by atoms with van der Waals surface area (Å²) in [5.74, 6) is 0.967. The van der Waals surface area contributed by atoms with Crippen LogP contribution in [0.3, 0.4) is 0 Å². The first-order valence-corrected chi connectivity index (χ1v) is 6.60. The predicted molar refractivity (Wildman–Crippen MR) is 72.1 cm³/mol. The maximum atomic E-state index is 12.4. The number of nitrogens with zero attached hydrogens (tertiary/aromatic N) is 2. The Bertz CT molecular complexity index is 385. The minimum absolute atomic E-state index is 0.151. The molecule has 0 atom stereocenters. The van der Waals surface area contributed by atoms with Gasteiger partial charge < -0.3 is 10.6 Å². The number of amides is 1. The Morgan fingerprint density at radius 3 is 2.72 bits per heavy atom. The molecule has 0 spiro atoms. The number of anilines is 1. The first-order chi connectivity index (χ1) is 8.72. The highest BCUT2D eigenvalue weighted by Gasteiger charge is 2.28. The summed E-state index contributed by atoms with van der Waals surface area (Å²) in [5, 5.41) is 0. The molecule has 0 saturated heterocycles. The predicted octanol–water partition coefficient (Wildman–Crippen LogP) is 1.81. The molecule has 1 aromatic rings. The highest BCUT2D eigenvalue weighted by molar-refractivity contribution is 5.94. The van der Waals surface area contributed by atoms with Gasteiger partial charge in [-0.15, -0.1) is 0 Å². The summed E-state index contributed by atoms with van der Waals surface area (Å²) >= 11 is 0. The molecule has 0 unspecified atom stereocenters. The van der Waals surface area contributed by atoms with Crippen LogP contribution >= 0.6 is 0 Å². The molecule has 4 heteroatoms. The van der Waals surface area contributed by atoms with Crippen molar-refractivity contribution in [3.63, 3.8) is 0 Å². The lowest BCUT2D eigenvalue weighted by atomic mass is 9.81. The van der Waals surface area contributed by atoms with E-state index in [4.69, 9.17) is 5.73 Å². The fraction of sp³-hybridized carbons (Fsp3) is 0.571. The number of nitrogens with two attached hydrogens (primary N) is 1. The minimum atomic E-state index is 0.151. The Balaban J connectivity index is 1.96. The lowest BCUT2D eigenvalue weighted by Gasteiger charge is -2.29. The average molecular weight is 247 g/mol. The van der Waals surface area contributed by atoms with Gasteiger partial charge in [-0.05, 0) is 50.3 Å². The van der Waals surface area contributed by atoms with E-state index in [-0.39, 0.29) is 11.8 Å². The van der Waals surface area contributed by atoms with Crippen molar-refractivity contribution >= 4 is 11.6 Å². The Labute approximate surface area is 108 Å². The van der Waals surface area contributed by atoms with Crippen molar-refractivity contribution in [3.05, 3.63) is 24.5 Å². The molecule has 2 rings (SSSR count). The molecule has 1 amide bonds. The Morgan fingerprint density at radius 1 is 1.44 bits per heavy atom. The normalized spacial score (nSPS) is 23.7. The Morgan fingerprint density at radius 2 is 2.17 bits per heavy atom. The summed E-state index contributed by atoms with van der Waals surface area (Å²) in [7, 11) is 1.83. The number of rotatable bonds is 3. The number of aromatic nitrogens is 1. The van der Waals surface area contributed by atoms with E-state index in [0.29, 0.717) is 5.92 Å². The molecule has 1 aromatic heterocycles. The van der Waals surface area contributed by atoms with Crippen molar-refractivity contribution in [2.75, 3.05) is 18.5 Å². The SMILES string of the molecule is CN(C(=O)C1CCC(CN)CC1)c1cccnc1. The van der Waals surface area contributed by atoms with Gasteiger partial charge in [0.1, 0.15) is 0 Å². The maximum absolute atomic E-state index is 12.4. The van der Waals surface area contributed by atoms with Crippen LogP contribution in [0.4, 0.5) is 5.69 Å². The summed E-state index contributed by atoms with van der Waals surface area (Å²) in [6.07, 6.45) is 7.52. The third-order valence-electron chi connectivity index (χ3n) is 3.89. The highest BCUT2D eigenvalue weighted by Crippen LogP contribution is 2.30. The van der Waals surface area contributed by atoms with Gasteiger partial charge in [0, 0.05) is 19.2 Å². The average Bonchev–Trinajstić information content (AvgIpc) is 2.47. The molecule has 0 aliphatic heterocycles. The van der Waals surface area contributed by atoms with Crippen molar-refractivity contribution < 1.29 is 4.79 Å². The van der Waals surface area contributed by atoms with Crippen molar-refractivity contribution in [1.82, 2.24) is 4.98 Å². The van der Waals surface area contributed by atoms with E-state index in [2.05, 4.69) is 4.98 Å². The van der Waals surface area contributed by atoms with Crippen LogP contribution in [-0.4, -0.2) is 24.5 Å². The zero-order valence-corrected chi connectivity index (χ0v) is 10.9. The van der Waals surface area contributed by atoms with Gasteiger partial charge in [-0.1, -0.05) is 0 Å². The fourth-order valence-corrected chi connectivity index (χ4v) is 2.60. The van der Waals surface area contributed by atoms with Gasteiger partial charge in [0.15, 0.2) is 0 Å². The number of carbonyl (C=O) groups excluding carboxylic acids is 1. The Kier molecular flexibility index (Phi) is 4.31. The molecule has 1 aliphatic rings. The van der Waals surface area contributed by atoms with Gasteiger partial charge in [0.25, 0.3) is 0 Å². The van der Waals surface area contributed by atoms with Crippen molar-refractivity contribution in [1.29, 1.82) is 0 Å². The van der Waals surface area contributed by atoms with E-state index in [1.807, 2.05) is 19.2 Å². The third-order valence-corrected chi connectivity index (χ3v) is 3.89. The molecule has 0 bridgehead atoms. The number of hydrogen-bond donors (Lipinski definition) is 1. The Hall–Kier alpha value is -1.42. The topological polar surface area (TPSA) is 59.2 Å². The molecule has 1 aliphatic carbocycles. The summed E-state index contributed by atoms with van der Waals surface area (Å²) in [4.78, 5) is 18.1. The number of carbonyl (C=O) groups is 1. The zero-order chi connectivity index (χ0) is 13.0. The molecule has 4 nitrogen and oxygen atoms in total. The van der Waals surface area contributed by atoms with Crippen LogP contribution < -0.4 is 10.6 Å². The van der Waals surface area contributed by atoms with Crippen LogP contribution in [0.2, 0.25) is 0 Å². The van der Waals surface area contributed by atoms with Gasteiger partial charge in [-0.25, -0.2) is 0 Å². The van der Waals surface area contributed by atoms with E-state index in [1.165, 1.54) is 0 Å². The van der Waals surface area contributed by atoms with Crippen LogP contribution in [0.1, 0.15) is 25.7 Å².